The van der Waals surface area contributed by atoms with Gasteiger partial charge in [-0.25, -0.2) is 0 Å². The Hall–Kier alpha value is -1.51. The summed E-state index contributed by atoms with van der Waals surface area (Å²) in [7, 11) is 0. The molecule has 0 radical (unpaired) electrons. The molecule has 3 heteroatoms. The first-order chi connectivity index (χ1) is 8.13. The lowest BCUT2D eigenvalue weighted by atomic mass is 10.1. The number of hydrogen-bond donors (Lipinski definition) is 2. The normalized spacial score (nSPS) is 12.1. The van der Waals surface area contributed by atoms with Crippen molar-refractivity contribution in [2.45, 2.75) is 33.1 Å². The number of nitrogens with two attached hydrogens (primary N) is 1. The van der Waals surface area contributed by atoms with Crippen LogP contribution in [0.3, 0.4) is 0 Å². The molecule has 94 valence electrons. The van der Waals surface area contributed by atoms with Crippen LogP contribution in [0.1, 0.15) is 32.3 Å². The highest BCUT2D eigenvalue weighted by Gasteiger charge is 2.06. The molecule has 1 aromatic rings. The maximum atomic E-state index is 11.0. The van der Waals surface area contributed by atoms with Gasteiger partial charge in [-0.2, -0.15) is 0 Å². The van der Waals surface area contributed by atoms with Crippen molar-refractivity contribution in [3.8, 4) is 0 Å². The molecule has 0 spiro atoms. The van der Waals surface area contributed by atoms with Gasteiger partial charge in [-0.05, 0) is 24.0 Å². The summed E-state index contributed by atoms with van der Waals surface area (Å²) in [4.78, 5) is 11.0. The molecule has 1 atom stereocenters. The molecule has 0 aliphatic rings. The fourth-order valence-corrected chi connectivity index (χ4v) is 1.91. The fraction of sp³-hybridized carbons (Fsp3) is 0.500. The van der Waals surface area contributed by atoms with Crippen LogP contribution in [0.5, 0.6) is 0 Å². The van der Waals surface area contributed by atoms with E-state index in [-0.39, 0.29) is 5.91 Å². The number of carbonyl (C=O) groups excluding carboxylic acids is 1. The summed E-state index contributed by atoms with van der Waals surface area (Å²) in [5.41, 5.74) is 7.23. The Balaban J connectivity index is 2.60. The molecule has 17 heavy (non-hydrogen) atoms. The van der Waals surface area contributed by atoms with E-state index in [0.717, 1.165) is 17.8 Å². The Morgan fingerprint density at radius 2 is 2.12 bits per heavy atom. The van der Waals surface area contributed by atoms with E-state index in [9.17, 15) is 4.79 Å². The van der Waals surface area contributed by atoms with E-state index < -0.39 is 0 Å². The molecule has 1 amide bonds. The molecule has 0 heterocycles. The molecule has 0 fully saturated rings. The van der Waals surface area contributed by atoms with E-state index in [0.29, 0.717) is 12.3 Å². The molecule has 0 saturated heterocycles. The van der Waals surface area contributed by atoms with Crippen molar-refractivity contribution in [2.24, 2.45) is 11.7 Å². The summed E-state index contributed by atoms with van der Waals surface area (Å²) in [5, 5.41) is 3.40. The fourth-order valence-electron chi connectivity index (χ4n) is 1.91. The first kappa shape index (κ1) is 13.6. The third-order valence-corrected chi connectivity index (χ3v) is 2.80. The van der Waals surface area contributed by atoms with E-state index in [4.69, 9.17) is 5.73 Å². The average Bonchev–Trinajstić information content (AvgIpc) is 2.27. The number of amides is 1. The van der Waals surface area contributed by atoms with Crippen molar-refractivity contribution in [1.82, 2.24) is 0 Å². The van der Waals surface area contributed by atoms with Gasteiger partial charge in [-0.1, -0.05) is 38.5 Å². The Bertz CT molecular complexity index is 363. The van der Waals surface area contributed by atoms with Crippen LogP contribution in [0.15, 0.2) is 24.3 Å². The summed E-state index contributed by atoms with van der Waals surface area (Å²) in [5.74, 6) is 0.350. The van der Waals surface area contributed by atoms with E-state index >= 15 is 0 Å². The molecule has 3 N–H and O–H groups in total. The number of carbonyl (C=O) groups is 1. The second-order valence-corrected chi connectivity index (χ2v) is 4.57. The van der Waals surface area contributed by atoms with E-state index in [1.54, 1.807) is 0 Å². The van der Waals surface area contributed by atoms with Gasteiger partial charge in [0.15, 0.2) is 0 Å². The number of para-hydroxylation sites is 1. The summed E-state index contributed by atoms with van der Waals surface area (Å²) < 4.78 is 0. The summed E-state index contributed by atoms with van der Waals surface area (Å²) in [6.07, 6.45) is 2.71. The number of benzene rings is 1. The summed E-state index contributed by atoms with van der Waals surface area (Å²) >= 11 is 0. The third-order valence-electron chi connectivity index (χ3n) is 2.80. The minimum atomic E-state index is -0.291. The SMILES string of the molecule is CCCC(C)CNc1ccccc1CC(N)=O. The van der Waals surface area contributed by atoms with Gasteiger partial charge in [0.2, 0.25) is 5.91 Å². The zero-order chi connectivity index (χ0) is 12.7. The molecule has 1 unspecified atom stereocenters. The Morgan fingerprint density at radius 3 is 2.76 bits per heavy atom. The Morgan fingerprint density at radius 1 is 1.41 bits per heavy atom. The van der Waals surface area contributed by atoms with Crippen LogP contribution >= 0.6 is 0 Å². The number of nitrogens with one attached hydrogen (secondary N) is 1. The lowest BCUT2D eigenvalue weighted by Crippen LogP contribution is -2.16. The van der Waals surface area contributed by atoms with Crippen LogP contribution in [0, 0.1) is 5.92 Å². The quantitative estimate of drug-likeness (QED) is 0.761. The number of hydrogen-bond acceptors (Lipinski definition) is 2. The second kappa shape index (κ2) is 6.94. The highest BCUT2D eigenvalue weighted by molar-refractivity contribution is 5.78. The summed E-state index contributed by atoms with van der Waals surface area (Å²) in [6, 6.07) is 7.84. The van der Waals surface area contributed by atoms with Crippen LogP contribution in [0.4, 0.5) is 5.69 Å². The van der Waals surface area contributed by atoms with Crippen molar-refractivity contribution in [3.05, 3.63) is 29.8 Å². The van der Waals surface area contributed by atoms with Crippen molar-refractivity contribution < 1.29 is 4.79 Å². The van der Waals surface area contributed by atoms with Gasteiger partial charge in [-0.3, -0.25) is 4.79 Å². The highest BCUT2D eigenvalue weighted by Crippen LogP contribution is 2.16. The smallest absolute Gasteiger partial charge is 0.221 e. The highest BCUT2D eigenvalue weighted by atomic mass is 16.1. The zero-order valence-electron chi connectivity index (χ0n) is 10.7. The minimum absolute atomic E-state index is 0.291. The molecule has 0 aliphatic carbocycles. The van der Waals surface area contributed by atoms with Crippen molar-refractivity contribution in [2.75, 3.05) is 11.9 Å². The topological polar surface area (TPSA) is 55.1 Å². The molecule has 0 aromatic heterocycles. The Labute approximate surface area is 103 Å². The van der Waals surface area contributed by atoms with Gasteiger partial charge in [0.25, 0.3) is 0 Å². The first-order valence-corrected chi connectivity index (χ1v) is 6.23. The van der Waals surface area contributed by atoms with Crippen molar-refractivity contribution >= 4 is 11.6 Å². The number of anilines is 1. The lowest BCUT2D eigenvalue weighted by Gasteiger charge is -2.15. The van der Waals surface area contributed by atoms with Gasteiger partial charge >= 0.3 is 0 Å². The van der Waals surface area contributed by atoms with Crippen LogP contribution in [0.25, 0.3) is 0 Å². The number of primary amides is 1. The molecule has 0 saturated carbocycles. The van der Waals surface area contributed by atoms with Crippen molar-refractivity contribution in [1.29, 1.82) is 0 Å². The van der Waals surface area contributed by atoms with E-state index in [1.165, 1.54) is 12.8 Å². The van der Waals surface area contributed by atoms with Crippen molar-refractivity contribution in [3.63, 3.8) is 0 Å². The zero-order valence-corrected chi connectivity index (χ0v) is 10.7. The maximum absolute atomic E-state index is 11.0. The third kappa shape index (κ3) is 4.89. The van der Waals surface area contributed by atoms with E-state index in [2.05, 4.69) is 19.2 Å². The van der Waals surface area contributed by atoms with Crippen LogP contribution in [0.2, 0.25) is 0 Å². The largest absolute Gasteiger partial charge is 0.385 e. The summed E-state index contributed by atoms with van der Waals surface area (Å²) in [6.45, 7) is 5.36. The van der Waals surface area contributed by atoms with E-state index in [1.807, 2.05) is 24.3 Å². The standard InChI is InChI=1S/C14H22N2O/c1-3-6-11(2)10-16-13-8-5-4-7-12(13)9-14(15)17/h4-5,7-8,11,16H,3,6,9-10H2,1-2H3,(H2,15,17). The lowest BCUT2D eigenvalue weighted by molar-refractivity contribution is -0.117. The molecule has 1 aromatic carbocycles. The predicted octanol–water partition coefficient (Wildman–Crippen LogP) is 2.56. The second-order valence-electron chi connectivity index (χ2n) is 4.57. The maximum Gasteiger partial charge on any atom is 0.221 e. The molecular formula is C14H22N2O. The van der Waals surface area contributed by atoms with Gasteiger partial charge in [0, 0.05) is 12.2 Å². The van der Waals surface area contributed by atoms with Gasteiger partial charge < -0.3 is 11.1 Å². The minimum Gasteiger partial charge on any atom is -0.385 e. The average molecular weight is 234 g/mol. The first-order valence-electron chi connectivity index (χ1n) is 6.23. The molecule has 3 nitrogen and oxygen atoms in total. The molecule has 1 rings (SSSR count). The van der Waals surface area contributed by atoms with Crippen LogP contribution in [-0.2, 0) is 11.2 Å². The van der Waals surface area contributed by atoms with Gasteiger partial charge in [0.1, 0.15) is 0 Å². The molecular weight excluding hydrogens is 212 g/mol. The van der Waals surface area contributed by atoms with Gasteiger partial charge in [-0.15, -0.1) is 0 Å². The monoisotopic (exact) mass is 234 g/mol. The van der Waals surface area contributed by atoms with Crippen LogP contribution in [-0.4, -0.2) is 12.5 Å². The van der Waals surface area contributed by atoms with Crippen LogP contribution < -0.4 is 11.1 Å². The molecule has 0 bridgehead atoms. The Kier molecular flexibility index (Phi) is 5.53. The predicted molar refractivity (Wildman–Crippen MR) is 71.9 cm³/mol. The van der Waals surface area contributed by atoms with Gasteiger partial charge in [0.05, 0.1) is 6.42 Å². The number of rotatable bonds is 7. The molecule has 0 aliphatic heterocycles.